The summed E-state index contributed by atoms with van der Waals surface area (Å²) in [6.45, 7) is 0.805. The topological polar surface area (TPSA) is 61.0 Å². The Hall–Kier alpha value is -2.99. The van der Waals surface area contributed by atoms with Crippen LogP contribution in [0.2, 0.25) is 0 Å². The smallest absolute Gasteiger partial charge is 0.269 e. The molecule has 6 heteroatoms. The second kappa shape index (κ2) is 6.49. The van der Waals surface area contributed by atoms with E-state index >= 15 is 0 Å². The normalized spacial score (nSPS) is 11.5. The minimum atomic E-state index is -0.390. The maximum atomic E-state index is 10.9. The average Bonchev–Trinajstić information content (AvgIpc) is 2.97. The predicted molar refractivity (Wildman–Crippen MR) is 97.4 cm³/mol. The summed E-state index contributed by atoms with van der Waals surface area (Å²) in [6.07, 6.45) is 2.04. The number of aromatic nitrogens is 2. The molecule has 3 aromatic rings. The predicted octanol–water partition coefficient (Wildman–Crippen LogP) is 3.65. The number of nitro groups is 1. The number of hydrogen-bond donors (Lipinski definition) is 0. The molecule has 0 bridgehead atoms. The molecular weight excluding hydrogens is 316 g/mol. The lowest BCUT2D eigenvalue weighted by molar-refractivity contribution is -0.883. The van der Waals surface area contributed by atoms with E-state index in [0.29, 0.717) is 0 Å². The molecule has 0 radical (unpaired) electrons. The molecular formula is C19H21N4O2+. The van der Waals surface area contributed by atoms with Crippen LogP contribution < -0.4 is 0 Å². The number of hydrogen-bond acceptors (Lipinski definition) is 3. The maximum absolute atomic E-state index is 10.9. The largest absolute Gasteiger partial charge is 0.327 e. The Bertz CT molecular complexity index is 878. The molecule has 6 nitrogen and oxygen atoms in total. The molecule has 128 valence electrons. The van der Waals surface area contributed by atoms with Gasteiger partial charge in [-0.15, -0.1) is 0 Å². The summed E-state index contributed by atoms with van der Waals surface area (Å²) in [5.41, 5.74) is 3.90. The van der Waals surface area contributed by atoms with Gasteiger partial charge in [0.2, 0.25) is 0 Å². The highest BCUT2D eigenvalue weighted by Gasteiger charge is 2.19. The molecule has 0 N–H and O–H groups in total. The van der Waals surface area contributed by atoms with E-state index in [0.717, 1.165) is 33.5 Å². The molecule has 3 rings (SSSR count). The Morgan fingerprint density at radius 3 is 2.24 bits per heavy atom. The van der Waals surface area contributed by atoms with E-state index in [2.05, 4.69) is 21.1 Å². The van der Waals surface area contributed by atoms with Crippen molar-refractivity contribution in [1.29, 1.82) is 0 Å². The van der Waals surface area contributed by atoms with Crippen molar-refractivity contribution in [2.45, 2.75) is 6.54 Å². The lowest BCUT2D eigenvalue weighted by atomic mass is 10.1. The monoisotopic (exact) mass is 337 g/mol. The van der Waals surface area contributed by atoms with Crippen molar-refractivity contribution >= 4 is 5.69 Å². The third-order valence-electron chi connectivity index (χ3n) is 3.81. The summed E-state index contributed by atoms with van der Waals surface area (Å²) in [5, 5.41) is 15.6. The molecule has 0 saturated carbocycles. The van der Waals surface area contributed by atoms with Crippen molar-refractivity contribution < 1.29 is 9.41 Å². The number of rotatable bonds is 5. The summed E-state index contributed by atoms with van der Waals surface area (Å²) < 4.78 is 2.63. The molecule has 0 amide bonds. The Kier molecular flexibility index (Phi) is 4.37. The first-order chi connectivity index (χ1) is 11.8. The van der Waals surface area contributed by atoms with Gasteiger partial charge in [-0.3, -0.25) is 10.1 Å². The number of nitrogens with zero attached hydrogens (tertiary/aromatic N) is 4. The van der Waals surface area contributed by atoms with Crippen LogP contribution in [-0.2, 0) is 6.54 Å². The Morgan fingerprint density at radius 1 is 1.04 bits per heavy atom. The van der Waals surface area contributed by atoms with Gasteiger partial charge in [0.25, 0.3) is 5.69 Å². The fourth-order valence-corrected chi connectivity index (χ4v) is 2.73. The first kappa shape index (κ1) is 16.9. The highest BCUT2D eigenvalue weighted by atomic mass is 16.6. The van der Waals surface area contributed by atoms with Crippen LogP contribution in [0.1, 0.15) is 5.56 Å². The van der Waals surface area contributed by atoms with Gasteiger partial charge in [-0.25, -0.2) is 4.68 Å². The van der Waals surface area contributed by atoms with E-state index in [-0.39, 0.29) is 10.6 Å². The summed E-state index contributed by atoms with van der Waals surface area (Å²) in [6, 6.07) is 16.5. The molecule has 0 atom stereocenters. The molecule has 1 heterocycles. The van der Waals surface area contributed by atoms with E-state index in [1.807, 2.05) is 41.2 Å². The van der Waals surface area contributed by atoms with E-state index in [9.17, 15) is 10.1 Å². The standard InChI is InChI=1S/C19H21N4O2/c1-23(2,3)14-16-13-21(17-7-5-4-6-8-17)20-19(16)15-9-11-18(12-10-15)22(24)25/h4-13H,14H2,1-3H3/q+1. The van der Waals surface area contributed by atoms with Crippen molar-refractivity contribution in [2.75, 3.05) is 21.1 Å². The van der Waals surface area contributed by atoms with Gasteiger partial charge in [0.05, 0.1) is 37.3 Å². The zero-order chi connectivity index (χ0) is 18.0. The van der Waals surface area contributed by atoms with Crippen LogP contribution in [0.25, 0.3) is 16.9 Å². The fraction of sp³-hybridized carbons (Fsp3) is 0.211. The van der Waals surface area contributed by atoms with Crippen LogP contribution in [0.3, 0.4) is 0 Å². The van der Waals surface area contributed by atoms with Crippen LogP contribution >= 0.6 is 0 Å². The SMILES string of the molecule is C[N+](C)(C)Cc1cn(-c2ccccc2)nc1-c1ccc([N+](=O)[O-])cc1. The van der Waals surface area contributed by atoms with Gasteiger partial charge in [-0.05, 0) is 24.3 Å². The number of nitro benzene ring substituents is 1. The molecule has 0 unspecified atom stereocenters. The van der Waals surface area contributed by atoms with Crippen LogP contribution in [0.5, 0.6) is 0 Å². The summed E-state index contributed by atoms with van der Waals surface area (Å²) in [5.74, 6) is 0. The fourth-order valence-electron chi connectivity index (χ4n) is 2.73. The van der Waals surface area contributed by atoms with Gasteiger partial charge in [0.1, 0.15) is 12.2 Å². The summed E-state index contributed by atoms with van der Waals surface area (Å²) in [7, 11) is 6.37. The molecule has 0 aliphatic rings. The quantitative estimate of drug-likeness (QED) is 0.405. The zero-order valence-electron chi connectivity index (χ0n) is 14.6. The van der Waals surface area contributed by atoms with Crippen molar-refractivity contribution in [3.05, 3.63) is 76.5 Å². The number of benzene rings is 2. The van der Waals surface area contributed by atoms with Gasteiger partial charge in [0, 0.05) is 23.9 Å². The number of para-hydroxylation sites is 1. The number of quaternary nitrogens is 1. The zero-order valence-corrected chi connectivity index (χ0v) is 14.6. The van der Waals surface area contributed by atoms with Crippen LogP contribution in [-0.4, -0.2) is 40.3 Å². The van der Waals surface area contributed by atoms with Gasteiger partial charge in [-0.1, -0.05) is 18.2 Å². The van der Waals surface area contributed by atoms with Crippen molar-refractivity contribution in [3.8, 4) is 16.9 Å². The van der Waals surface area contributed by atoms with E-state index in [4.69, 9.17) is 5.10 Å². The van der Waals surface area contributed by atoms with Crippen LogP contribution in [0.15, 0.2) is 60.8 Å². The van der Waals surface area contributed by atoms with Crippen molar-refractivity contribution in [1.82, 2.24) is 9.78 Å². The second-order valence-corrected chi connectivity index (χ2v) is 7.04. The summed E-state index contributed by atoms with van der Waals surface area (Å²) in [4.78, 5) is 10.5. The summed E-state index contributed by atoms with van der Waals surface area (Å²) >= 11 is 0. The lowest BCUT2D eigenvalue weighted by Crippen LogP contribution is -2.33. The molecule has 0 saturated heterocycles. The minimum absolute atomic E-state index is 0.0828. The van der Waals surface area contributed by atoms with Gasteiger partial charge < -0.3 is 4.48 Å². The molecule has 1 aromatic heterocycles. The van der Waals surface area contributed by atoms with Crippen molar-refractivity contribution in [3.63, 3.8) is 0 Å². The van der Waals surface area contributed by atoms with Gasteiger partial charge in [0.15, 0.2) is 0 Å². The first-order valence-corrected chi connectivity index (χ1v) is 8.03. The molecule has 0 spiro atoms. The highest BCUT2D eigenvalue weighted by molar-refractivity contribution is 5.64. The minimum Gasteiger partial charge on any atom is -0.327 e. The van der Waals surface area contributed by atoms with Crippen LogP contribution in [0.4, 0.5) is 5.69 Å². The third kappa shape index (κ3) is 3.92. The first-order valence-electron chi connectivity index (χ1n) is 8.03. The third-order valence-corrected chi connectivity index (χ3v) is 3.81. The average molecular weight is 337 g/mol. The Balaban J connectivity index is 2.07. The molecule has 0 aliphatic carbocycles. The van der Waals surface area contributed by atoms with Crippen molar-refractivity contribution in [2.24, 2.45) is 0 Å². The number of non-ortho nitro benzene ring substituents is 1. The second-order valence-electron chi connectivity index (χ2n) is 7.04. The van der Waals surface area contributed by atoms with E-state index in [1.54, 1.807) is 12.1 Å². The Labute approximate surface area is 146 Å². The molecule has 25 heavy (non-hydrogen) atoms. The van der Waals surface area contributed by atoms with Gasteiger partial charge in [-0.2, -0.15) is 5.10 Å². The Morgan fingerprint density at radius 2 is 1.68 bits per heavy atom. The van der Waals surface area contributed by atoms with E-state index in [1.165, 1.54) is 12.1 Å². The van der Waals surface area contributed by atoms with Crippen LogP contribution in [0, 0.1) is 10.1 Å². The highest BCUT2D eigenvalue weighted by Crippen LogP contribution is 2.27. The maximum Gasteiger partial charge on any atom is 0.269 e. The molecule has 0 aliphatic heterocycles. The lowest BCUT2D eigenvalue weighted by Gasteiger charge is -2.23. The molecule has 0 fully saturated rings. The van der Waals surface area contributed by atoms with Gasteiger partial charge >= 0.3 is 0 Å². The van der Waals surface area contributed by atoms with E-state index < -0.39 is 0 Å². The molecule has 2 aromatic carbocycles.